The molecule has 0 N–H and O–H groups in total. The fourth-order valence-corrected chi connectivity index (χ4v) is 3.04. The van der Waals surface area contributed by atoms with Crippen molar-refractivity contribution in [2.45, 2.75) is 6.92 Å². The van der Waals surface area contributed by atoms with Gasteiger partial charge in [-0.2, -0.15) is 0 Å². The monoisotopic (exact) mass is 295 g/mol. The number of rotatable bonds is 2. The minimum atomic E-state index is 0.988. The molecular weight excluding hydrogens is 278 g/mol. The third-order valence-electron chi connectivity index (χ3n) is 4.16. The fraction of sp³-hybridized carbons (Fsp3) is 0.0455. The van der Waals surface area contributed by atoms with Crippen molar-refractivity contribution in [2.75, 3.05) is 0 Å². The SMILES string of the molecule is Cc1cccc(N=Cc2c3ccccc3cc3ccccc23)c1. The van der Waals surface area contributed by atoms with Crippen LogP contribution in [0.1, 0.15) is 11.1 Å². The maximum atomic E-state index is 4.71. The summed E-state index contributed by atoms with van der Waals surface area (Å²) >= 11 is 0. The Morgan fingerprint density at radius 2 is 1.35 bits per heavy atom. The Bertz CT molecular complexity index is 974. The number of aryl methyl sites for hydroxylation is 1. The van der Waals surface area contributed by atoms with Gasteiger partial charge in [-0.05, 0) is 52.2 Å². The van der Waals surface area contributed by atoms with E-state index in [1.807, 2.05) is 18.3 Å². The second-order valence-electron chi connectivity index (χ2n) is 5.83. The fourth-order valence-electron chi connectivity index (χ4n) is 3.04. The Morgan fingerprint density at radius 1 is 0.696 bits per heavy atom. The molecule has 0 aromatic heterocycles. The average Bonchev–Trinajstić information content (AvgIpc) is 2.58. The lowest BCUT2D eigenvalue weighted by molar-refractivity contribution is 1.43. The topological polar surface area (TPSA) is 12.4 Å². The van der Waals surface area contributed by atoms with Crippen molar-refractivity contribution in [1.82, 2.24) is 0 Å². The molecule has 23 heavy (non-hydrogen) atoms. The number of hydrogen-bond acceptors (Lipinski definition) is 1. The van der Waals surface area contributed by atoms with Crippen LogP contribution in [0.3, 0.4) is 0 Å². The van der Waals surface area contributed by atoms with Gasteiger partial charge in [-0.1, -0.05) is 60.7 Å². The first-order valence-corrected chi connectivity index (χ1v) is 7.82. The highest BCUT2D eigenvalue weighted by Crippen LogP contribution is 2.27. The predicted octanol–water partition coefficient (Wildman–Crippen LogP) is 6.05. The average molecular weight is 295 g/mol. The van der Waals surface area contributed by atoms with Crippen molar-refractivity contribution in [1.29, 1.82) is 0 Å². The lowest BCUT2D eigenvalue weighted by Gasteiger charge is -2.08. The zero-order valence-electron chi connectivity index (χ0n) is 13.0. The zero-order chi connectivity index (χ0) is 15.6. The first-order chi connectivity index (χ1) is 11.3. The van der Waals surface area contributed by atoms with Gasteiger partial charge in [-0.15, -0.1) is 0 Å². The molecule has 0 spiro atoms. The maximum absolute atomic E-state index is 4.71. The van der Waals surface area contributed by atoms with E-state index >= 15 is 0 Å². The van der Waals surface area contributed by atoms with Gasteiger partial charge in [0.2, 0.25) is 0 Å². The molecule has 0 aliphatic rings. The highest BCUT2D eigenvalue weighted by Gasteiger charge is 2.05. The number of hydrogen-bond donors (Lipinski definition) is 0. The lowest BCUT2D eigenvalue weighted by Crippen LogP contribution is -1.88. The van der Waals surface area contributed by atoms with Crippen LogP contribution in [0.25, 0.3) is 21.5 Å². The Labute approximate surface area is 135 Å². The van der Waals surface area contributed by atoms with Crippen LogP contribution in [-0.2, 0) is 0 Å². The lowest BCUT2D eigenvalue weighted by atomic mass is 9.97. The van der Waals surface area contributed by atoms with E-state index < -0.39 is 0 Å². The highest BCUT2D eigenvalue weighted by molar-refractivity contribution is 6.13. The molecule has 0 heterocycles. The highest BCUT2D eigenvalue weighted by atomic mass is 14.7. The molecule has 0 aliphatic carbocycles. The Hall–Kier alpha value is -2.93. The summed E-state index contributed by atoms with van der Waals surface area (Å²) in [4.78, 5) is 4.71. The Balaban J connectivity index is 1.96. The molecule has 4 aromatic rings. The van der Waals surface area contributed by atoms with Crippen molar-refractivity contribution in [3.05, 3.63) is 90.0 Å². The molecule has 0 saturated carbocycles. The van der Waals surface area contributed by atoms with Gasteiger partial charge in [0.1, 0.15) is 0 Å². The summed E-state index contributed by atoms with van der Waals surface area (Å²) in [5.41, 5.74) is 3.39. The molecule has 0 bridgehead atoms. The molecule has 0 atom stereocenters. The number of fused-ring (bicyclic) bond motifs is 2. The van der Waals surface area contributed by atoms with Gasteiger partial charge in [-0.3, -0.25) is 4.99 Å². The van der Waals surface area contributed by atoms with E-state index in [1.165, 1.54) is 32.7 Å². The largest absolute Gasteiger partial charge is 0.256 e. The van der Waals surface area contributed by atoms with E-state index in [-0.39, 0.29) is 0 Å². The van der Waals surface area contributed by atoms with Gasteiger partial charge in [-0.25, -0.2) is 0 Å². The molecular formula is C22H17N. The summed E-state index contributed by atoms with van der Waals surface area (Å²) in [5.74, 6) is 0. The van der Waals surface area contributed by atoms with Crippen molar-refractivity contribution in [2.24, 2.45) is 4.99 Å². The first kappa shape index (κ1) is 13.7. The van der Waals surface area contributed by atoms with Gasteiger partial charge >= 0.3 is 0 Å². The third-order valence-corrected chi connectivity index (χ3v) is 4.16. The maximum Gasteiger partial charge on any atom is 0.0632 e. The van der Waals surface area contributed by atoms with Crippen LogP contribution < -0.4 is 0 Å². The van der Waals surface area contributed by atoms with Crippen LogP contribution >= 0.6 is 0 Å². The molecule has 0 amide bonds. The second kappa shape index (κ2) is 5.69. The second-order valence-corrected chi connectivity index (χ2v) is 5.83. The molecule has 0 fully saturated rings. The van der Waals surface area contributed by atoms with Gasteiger partial charge in [0, 0.05) is 11.8 Å². The van der Waals surface area contributed by atoms with Crippen LogP contribution in [0.2, 0.25) is 0 Å². The van der Waals surface area contributed by atoms with Crippen LogP contribution in [0.15, 0.2) is 83.9 Å². The van der Waals surface area contributed by atoms with Crippen LogP contribution in [0.5, 0.6) is 0 Å². The summed E-state index contributed by atoms with van der Waals surface area (Å²) in [6.07, 6.45) is 2.00. The molecule has 4 aromatic carbocycles. The zero-order valence-corrected chi connectivity index (χ0v) is 13.0. The molecule has 0 aliphatic heterocycles. The van der Waals surface area contributed by atoms with Gasteiger partial charge < -0.3 is 0 Å². The van der Waals surface area contributed by atoms with E-state index in [0.717, 1.165) is 5.69 Å². The smallest absolute Gasteiger partial charge is 0.0632 e. The first-order valence-electron chi connectivity index (χ1n) is 7.82. The molecule has 1 nitrogen and oxygen atoms in total. The predicted molar refractivity (Wildman–Crippen MR) is 99.9 cm³/mol. The summed E-state index contributed by atoms with van der Waals surface area (Å²) in [6, 6.07) is 27.5. The summed E-state index contributed by atoms with van der Waals surface area (Å²) in [6.45, 7) is 2.09. The normalized spacial score (nSPS) is 11.5. The van der Waals surface area contributed by atoms with Crippen molar-refractivity contribution in [3.63, 3.8) is 0 Å². The molecule has 1 heteroatoms. The van der Waals surface area contributed by atoms with E-state index in [1.54, 1.807) is 0 Å². The molecule has 0 saturated heterocycles. The minimum Gasteiger partial charge on any atom is -0.256 e. The van der Waals surface area contributed by atoms with Crippen molar-refractivity contribution >= 4 is 33.4 Å². The van der Waals surface area contributed by atoms with Gasteiger partial charge in [0.05, 0.1) is 5.69 Å². The summed E-state index contributed by atoms with van der Waals surface area (Å²) in [5, 5.41) is 4.97. The number of aliphatic imine (C=N–C) groups is 1. The molecule has 4 rings (SSSR count). The van der Waals surface area contributed by atoms with Crippen LogP contribution in [-0.4, -0.2) is 6.21 Å². The van der Waals surface area contributed by atoms with Crippen molar-refractivity contribution < 1.29 is 0 Å². The number of benzene rings is 4. The van der Waals surface area contributed by atoms with Crippen molar-refractivity contribution in [3.8, 4) is 0 Å². The van der Waals surface area contributed by atoms with E-state index in [9.17, 15) is 0 Å². The Kier molecular flexibility index (Phi) is 3.39. The van der Waals surface area contributed by atoms with Crippen LogP contribution in [0, 0.1) is 6.92 Å². The summed E-state index contributed by atoms with van der Waals surface area (Å²) in [7, 11) is 0. The van der Waals surface area contributed by atoms with E-state index in [0.29, 0.717) is 0 Å². The van der Waals surface area contributed by atoms with Gasteiger partial charge in [0.25, 0.3) is 0 Å². The quantitative estimate of drug-likeness (QED) is 0.315. The number of nitrogens with zero attached hydrogens (tertiary/aromatic N) is 1. The summed E-state index contributed by atoms with van der Waals surface area (Å²) < 4.78 is 0. The van der Waals surface area contributed by atoms with Crippen LogP contribution in [0.4, 0.5) is 5.69 Å². The van der Waals surface area contributed by atoms with Gasteiger partial charge in [0.15, 0.2) is 0 Å². The molecule has 110 valence electrons. The Morgan fingerprint density at radius 3 is 2.00 bits per heavy atom. The molecule has 0 unspecified atom stereocenters. The minimum absolute atomic E-state index is 0.988. The third kappa shape index (κ3) is 2.62. The van der Waals surface area contributed by atoms with E-state index in [4.69, 9.17) is 4.99 Å². The van der Waals surface area contributed by atoms with E-state index in [2.05, 4.69) is 73.7 Å². The molecule has 0 radical (unpaired) electrons. The standard InChI is InChI=1S/C22H17N/c1-16-7-6-10-19(13-16)23-15-22-20-11-4-2-8-17(20)14-18-9-3-5-12-21(18)22/h2-15H,1H3.